The van der Waals surface area contributed by atoms with Crippen LogP contribution in [0.5, 0.6) is 5.75 Å². The Labute approximate surface area is 206 Å². The van der Waals surface area contributed by atoms with Gasteiger partial charge in [-0.3, -0.25) is 0 Å². The van der Waals surface area contributed by atoms with Crippen molar-refractivity contribution < 1.29 is 44.3 Å². The van der Waals surface area contributed by atoms with Crippen LogP contribution in [-0.2, 0) is 18.7 Å². The Morgan fingerprint density at radius 3 is 1.97 bits per heavy atom. The quantitative estimate of drug-likeness (QED) is 0.169. The molecule has 0 atom stereocenters. The van der Waals surface area contributed by atoms with Gasteiger partial charge in [0.15, 0.2) is 0 Å². The van der Waals surface area contributed by atoms with Gasteiger partial charge in [-0.15, -0.1) is 0 Å². The van der Waals surface area contributed by atoms with Gasteiger partial charge in [0.1, 0.15) is 34.6 Å². The highest BCUT2D eigenvalue weighted by Crippen LogP contribution is 2.35. The van der Waals surface area contributed by atoms with Gasteiger partial charge < -0.3 is 4.74 Å². The predicted molar refractivity (Wildman–Crippen MR) is 118 cm³/mol. The number of aryl methyl sites for hydroxylation is 1. The fourth-order valence-corrected chi connectivity index (χ4v) is 3.45. The Kier molecular flexibility index (Phi) is 8.46. The maximum atomic E-state index is 14.6. The van der Waals surface area contributed by atoms with Crippen LogP contribution in [0.15, 0.2) is 48.5 Å². The maximum absolute atomic E-state index is 14.6. The van der Waals surface area contributed by atoms with Crippen molar-refractivity contribution in [3.63, 3.8) is 0 Å². The summed E-state index contributed by atoms with van der Waals surface area (Å²) in [4.78, 5) is 0. The van der Waals surface area contributed by atoms with Crippen molar-refractivity contribution in [1.29, 1.82) is 0 Å². The topological polar surface area (TPSA) is 9.23 Å². The number of benzene rings is 3. The number of alkyl halides is 5. The summed E-state index contributed by atoms with van der Waals surface area (Å²) in [6.07, 6.45) is -6.24. The van der Waals surface area contributed by atoms with Crippen LogP contribution in [0.3, 0.4) is 0 Å². The second-order valence-electron chi connectivity index (χ2n) is 8.09. The minimum atomic E-state index is -5.26. The van der Waals surface area contributed by atoms with Crippen molar-refractivity contribution in [2.45, 2.75) is 44.9 Å². The Hall–Kier alpha value is -3.61. The van der Waals surface area contributed by atoms with E-state index in [1.54, 1.807) is 0 Å². The lowest BCUT2D eigenvalue weighted by Crippen LogP contribution is -2.23. The van der Waals surface area contributed by atoms with Crippen molar-refractivity contribution in [2.24, 2.45) is 0 Å². The number of unbranched alkanes of at least 4 members (excludes halogenated alkanes) is 2. The van der Waals surface area contributed by atoms with Gasteiger partial charge in [-0.1, -0.05) is 37.7 Å². The average Bonchev–Trinajstić information content (AvgIpc) is 2.77. The van der Waals surface area contributed by atoms with Crippen LogP contribution in [0.2, 0.25) is 0 Å². The molecule has 0 saturated carbocycles. The van der Waals surface area contributed by atoms with Crippen LogP contribution in [0.4, 0.5) is 39.5 Å². The zero-order chi connectivity index (χ0) is 27.4. The van der Waals surface area contributed by atoms with E-state index in [1.807, 2.05) is 6.92 Å². The number of rotatable bonds is 7. The molecule has 3 aromatic rings. The SMILES string of the molecule is CCCCCc1ccc(C(F)(F)Oc2ccc(C#Cc3cc(F)c(C(F)(F)F)c(F)c3)c(F)c2)c(F)c1. The number of hydrogen-bond acceptors (Lipinski definition) is 1. The molecule has 3 aromatic carbocycles. The van der Waals surface area contributed by atoms with Crippen molar-refractivity contribution in [3.8, 4) is 17.6 Å². The predicted octanol–water partition coefficient (Wildman–Crippen LogP) is 8.52. The summed E-state index contributed by atoms with van der Waals surface area (Å²) in [5.74, 6) is -2.54. The van der Waals surface area contributed by atoms with Crippen LogP contribution < -0.4 is 4.74 Å². The number of ether oxygens (including phenoxy) is 1. The Balaban J connectivity index is 1.78. The van der Waals surface area contributed by atoms with E-state index in [9.17, 15) is 39.5 Å². The maximum Gasteiger partial charge on any atom is 0.429 e. The zero-order valence-corrected chi connectivity index (χ0v) is 19.3. The molecule has 0 aromatic heterocycles. The molecule has 0 spiro atoms. The molecule has 0 aliphatic heterocycles. The van der Waals surface area contributed by atoms with E-state index in [4.69, 9.17) is 0 Å². The standard InChI is InChI=1S/C27H19F9O/c1-2-3-4-5-16-7-11-20(22(29)12-16)27(35,36)37-19-10-9-18(21(28)15-19)8-6-17-13-23(30)25(24(31)14-17)26(32,33)34/h7,9-15H,2-5H2,1H3. The molecule has 0 heterocycles. The van der Waals surface area contributed by atoms with Gasteiger partial charge in [0, 0.05) is 11.6 Å². The molecule has 0 bridgehead atoms. The normalized spacial score (nSPS) is 11.7. The molecule has 1 nitrogen and oxygen atoms in total. The second kappa shape index (κ2) is 11.2. The van der Waals surface area contributed by atoms with Crippen LogP contribution in [0.1, 0.15) is 54.0 Å². The highest BCUT2D eigenvalue weighted by molar-refractivity contribution is 5.46. The molecule has 0 radical (unpaired) electrons. The van der Waals surface area contributed by atoms with Crippen molar-refractivity contribution >= 4 is 0 Å². The van der Waals surface area contributed by atoms with E-state index in [0.29, 0.717) is 30.2 Å². The Bertz CT molecular complexity index is 1310. The number of hydrogen-bond donors (Lipinski definition) is 0. The van der Waals surface area contributed by atoms with E-state index in [2.05, 4.69) is 16.6 Å². The first-order chi connectivity index (χ1) is 17.3. The first kappa shape index (κ1) is 28.0. The third kappa shape index (κ3) is 7.00. The van der Waals surface area contributed by atoms with Gasteiger partial charge in [0.2, 0.25) is 0 Å². The summed E-state index contributed by atoms with van der Waals surface area (Å²) in [5, 5.41) is 0. The summed E-state index contributed by atoms with van der Waals surface area (Å²) < 4.78 is 128. The lowest BCUT2D eigenvalue weighted by molar-refractivity contribution is -0.187. The molecule has 0 amide bonds. The third-order valence-electron chi connectivity index (χ3n) is 5.27. The molecule has 0 unspecified atom stereocenters. The Morgan fingerprint density at radius 1 is 0.730 bits per heavy atom. The zero-order valence-electron chi connectivity index (χ0n) is 19.3. The summed E-state index contributed by atoms with van der Waals surface area (Å²) >= 11 is 0. The summed E-state index contributed by atoms with van der Waals surface area (Å²) in [7, 11) is 0. The molecule has 37 heavy (non-hydrogen) atoms. The first-order valence-electron chi connectivity index (χ1n) is 11.1. The third-order valence-corrected chi connectivity index (χ3v) is 5.27. The fraction of sp³-hybridized carbons (Fsp3) is 0.259. The van der Waals surface area contributed by atoms with E-state index >= 15 is 0 Å². The molecule has 0 aliphatic rings. The summed E-state index contributed by atoms with van der Waals surface area (Å²) in [6, 6.07) is 6.28. The van der Waals surface area contributed by atoms with Crippen molar-refractivity contribution in [1.82, 2.24) is 0 Å². The molecular weight excluding hydrogens is 511 g/mol. The largest absolute Gasteiger partial charge is 0.429 e. The molecule has 3 rings (SSSR count). The monoisotopic (exact) mass is 530 g/mol. The van der Waals surface area contributed by atoms with Gasteiger partial charge in [-0.05, 0) is 54.8 Å². The van der Waals surface area contributed by atoms with Crippen LogP contribution in [0.25, 0.3) is 0 Å². The molecule has 196 valence electrons. The second-order valence-corrected chi connectivity index (χ2v) is 8.09. The first-order valence-corrected chi connectivity index (χ1v) is 11.1. The smallest absolute Gasteiger partial charge is 0.429 e. The lowest BCUT2D eigenvalue weighted by atomic mass is 10.0. The van der Waals surface area contributed by atoms with E-state index in [0.717, 1.165) is 43.5 Å². The van der Waals surface area contributed by atoms with Crippen LogP contribution in [0, 0.1) is 35.1 Å². The number of halogens is 9. The molecule has 0 saturated heterocycles. The Morgan fingerprint density at radius 2 is 1.41 bits per heavy atom. The molecule has 0 N–H and O–H groups in total. The van der Waals surface area contributed by atoms with Crippen molar-refractivity contribution in [3.05, 3.63) is 99.6 Å². The van der Waals surface area contributed by atoms with Gasteiger partial charge >= 0.3 is 12.3 Å². The fourth-order valence-electron chi connectivity index (χ4n) is 3.45. The summed E-state index contributed by atoms with van der Waals surface area (Å²) in [6.45, 7) is 1.99. The van der Waals surface area contributed by atoms with E-state index in [1.165, 1.54) is 6.07 Å². The van der Waals surface area contributed by atoms with Gasteiger partial charge in [0.25, 0.3) is 0 Å². The van der Waals surface area contributed by atoms with Gasteiger partial charge in [-0.25, -0.2) is 17.6 Å². The van der Waals surface area contributed by atoms with Gasteiger partial charge in [-0.2, -0.15) is 22.0 Å². The van der Waals surface area contributed by atoms with Gasteiger partial charge in [0.05, 0.1) is 11.1 Å². The average molecular weight is 530 g/mol. The van der Waals surface area contributed by atoms with E-state index < -0.39 is 63.6 Å². The lowest BCUT2D eigenvalue weighted by Gasteiger charge is -2.19. The molecule has 0 aliphatic carbocycles. The highest BCUT2D eigenvalue weighted by Gasteiger charge is 2.38. The molecule has 10 heteroatoms. The van der Waals surface area contributed by atoms with Crippen LogP contribution in [-0.4, -0.2) is 0 Å². The summed E-state index contributed by atoms with van der Waals surface area (Å²) in [5.41, 5.74) is -3.51. The molecule has 0 fully saturated rings. The van der Waals surface area contributed by atoms with E-state index in [-0.39, 0.29) is 0 Å². The highest BCUT2D eigenvalue weighted by atomic mass is 19.4. The van der Waals surface area contributed by atoms with Crippen molar-refractivity contribution in [2.75, 3.05) is 0 Å². The molecular formula is C27H19F9O. The van der Waals surface area contributed by atoms with Crippen LogP contribution >= 0.6 is 0 Å². The minimum absolute atomic E-state index is 0.332. The minimum Gasteiger partial charge on any atom is -0.429 e.